The maximum atomic E-state index is 4.78. The fourth-order valence-electron chi connectivity index (χ4n) is 0. The third-order valence-electron chi connectivity index (χ3n) is 0.204. The second-order valence-electron chi connectivity index (χ2n) is 0.558. The van der Waals surface area contributed by atoms with Crippen molar-refractivity contribution >= 4 is 0 Å². The molecule has 5 heavy (non-hydrogen) atoms. The van der Waals surface area contributed by atoms with Crippen LogP contribution in [0.1, 0.15) is 8.35 Å². The smallest absolute Gasteiger partial charge is 1.00 e. The minimum Gasteiger partial charge on any atom is -1.00 e. The topological polar surface area (TPSA) is 38.0 Å². The van der Waals surface area contributed by atoms with Crippen LogP contribution < -0.4 is 62.7 Å². The van der Waals surface area contributed by atoms with Gasteiger partial charge in [-0.15, -0.1) is 0 Å². The fourth-order valence-corrected chi connectivity index (χ4v) is 0. The summed E-state index contributed by atoms with van der Waals surface area (Å²) in [7, 11) is 0. The molecule has 0 amide bonds. The maximum Gasteiger partial charge on any atom is 1.00 e. The van der Waals surface area contributed by atoms with Crippen LogP contribution in [0.3, 0.4) is 0 Å². The monoisotopic (exact) mass is 100 g/mol. The van der Waals surface area contributed by atoms with Crippen LogP contribution in [0.25, 0.3) is 0 Å². The normalized spacial score (nSPS) is 6.00. The van der Waals surface area contributed by atoms with E-state index in [0.717, 1.165) is 6.54 Å². The Labute approximate surface area is 76.4 Å². The van der Waals surface area contributed by atoms with Crippen molar-refractivity contribution in [3.8, 4) is 0 Å². The van der Waals surface area contributed by atoms with Crippen LogP contribution in [0, 0.1) is 0 Å². The molecule has 3 heteroatoms. The molecular weight excluding hydrogens is 91.1 g/mol. The molecule has 0 aromatic heterocycles. The van der Waals surface area contributed by atoms with E-state index in [-0.39, 0.29) is 52.8 Å². The van der Waals surface area contributed by atoms with Gasteiger partial charge in [0.2, 0.25) is 0 Å². The first-order valence-corrected chi connectivity index (χ1v) is 1.35. The number of rotatable bonds is 1. The van der Waals surface area contributed by atoms with Crippen LogP contribution in [0.15, 0.2) is 0 Å². The van der Waals surface area contributed by atoms with Crippen molar-refractivity contribution in [2.24, 2.45) is 5.84 Å². The Hall–Kier alpha value is 1.56. The second-order valence-corrected chi connectivity index (χ2v) is 0.558. The predicted molar refractivity (Wildman–Crippen MR) is 19.0 cm³/mol. The van der Waals surface area contributed by atoms with E-state index in [4.69, 9.17) is 5.84 Å². The summed E-state index contributed by atoms with van der Waals surface area (Å²) < 4.78 is 0. The Bertz CT molecular complexity index is 13.5. The van der Waals surface area contributed by atoms with E-state index < -0.39 is 0 Å². The summed E-state index contributed by atoms with van der Waals surface area (Å²) in [5.74, 6) is 4.78. The van der Waals surface area contributed by atoms with Crippen LogP contribution in [-0.2, 0) is 0 Å². The largest absolute Gasteiger partial charge is 1.00 e. The summed E-state index contributed by atoms with van der Waals surface area (Å²) >= 11 is 0. The Morgan fingerprint density at radius 1 is 2.00 bits per heavy atom. The molecule has 0 radical (unpaired) electrons. The molecule has 0 unspecified atom stereocenters. The van der Waals surface area contributed by atoms with Gasteiger partial charge in [0.15, 0.2) is 0 Å². The summed E-state index contributed by atoms with van der Waals surface area (Å²) in [6, 6.07) is 0. The standard InChI is InChI=1S/C2H8N2.K.H/c1-2-4-3;;/h4H,2-3H2,1H3;;/q;+1;-1. The van der Waals surface area contributed by atoms with Gasteiger partial charge in [-0.05, 0) is 0 Å². The van der Waals surface area contributed by atoms with E-state index in [9.17, 15) is 0 Å². The van der Waals surface area contributed by atoms with Gasteiger partial charge in [-0.3, -0.25) is 11.3 Å². The van der Waals surface area contributed by atoms with Crippen molar-refractivity contribution in [1.29, 1.82) is 0 Å². The van der Waals surface area contributed by atoms with Crippen molar-refractivity contribution < 1.29 is 52.8 Å². The first-order chi connectivity index (χ1) is 1.91. The van der Waals surface area contributed by atoms with Gasteiger partial charge in [0, 0.05) is 6.54 Å². The van der Waals surface area contributed by atoms with E-state index in [1.165, 1.54) is 0 Å². The van der Waals surface area contributed by atoms with Crippen LogP contribution >= 0.6 is 0 Å². The van der Waals surface area contributed by atoms with E-state index in [0.29, 0.717) is 0 Å². The zero-order valence-electron chi connectivity index (χ0n) is 4.78. The maximum absolute atomic E-state index is 4.78. The average Bonchev–Trinajstić information content (AvgIpc) is 1.37. The SMILES string of the molecule is CCNN.[H-].[K+]. The molecule has 0 rings (SSSR count). The Morgan fingerprint density at radius 3 is 2.20 bits per heavy atom. The van der Waals surface area contributed by atoms with Gasteiger partial charge in [0.25, 0.3) is 0 Å². The summed E-state index contributed by atoms with van der Waals surface area (Å²) in [4.78, 5) is 0. The van der Waals surface area contributed by atoms with E-state index in [1.807, 2.05) is 6.92 Å². The fraction of sp³-hybridized carbons (Fsp3) is 1.00. The van der Waals surface area contributed by atoms with Gasteiger partial charge in [-0.1, -0.05) is 6.92 Å². The molecule has 0 aromatic carbocycles. The molecule has 0 saturated heterocycles. The molecule has 0 aliphatic carbocycles. The van der Waals surface area contributed by atoms with Crippen molar-refractivity contribution in [1.82, 2.24) is 5.43 Å². The van der Waals surface area contributed by atoms with Crippen molar-refractivity contribution in [2.45, 2.75) is 6.92 Å². The number of hydrazine groups is 1. The van der Waals surface area contributed by atoms with Crippen molar-refractivity contribution in [3.63, 3.8) is 0 Å². The summed E-state index contributed by atoms with van der Waals surface area (Å²) in [6.45, 7) is 2.79. The second kappa shape index (κ2) is 9.12. The van der Waals surface area contributed by atoms with E-state index in [2.05, 4.69) is 5.43 Å². The molecule has 3 N–H and O–H groups in total. The number of hydrogen-bond donors (Lipinski definition) is 2. The van der Waals surface area contributed by atoms with Crippen LogP contribution in [-0.4, -0.2) is 6.54 Å². The molecule has 0 aliphatic heterocycles. The zero-order valence-corrected chi connectivity index (χ0v) is 6.91. The third-order valence-corrected chi connectivity index (χ3v) is 0.204. The van der Waals surface area contributed by atoms with Gasteiger partial charge in [0.05, 0.1) is 0 Å². The molecule has 2 nitrogen and oxygen atoms in total. The first-order valence-electron chi connectivity index (χ1n) is 1.35. The van der Waals surface area contributed by atoms with Crippen LogP contribution in [0.2, 0.25) is 0 Å². The Balaban J connectivity index is -0.0000000450. The number of nitrogens with two attached hydrogens (primary N) is 1. The minimum atomic E-state index is 0. The Kier molecular flexibility index (Phi) is 17.8. The molecule has 0 atom stereocenters. The zero-order chi connectivity index (χ0) is 3.41. The van der Waals surface area contributed by atoms with Gasteiger partial charge in [-0.25, -0.2) is 0 Å². The van der Waals surface area contributed by atoms with Gasteiger partial charge in [-0.2, -0.15) is 0 Å². The molecule has 0 spiro atoms. The molecule has 0 fully saturated rings. The average molecular weight is 100 g/mol. The van der Waals surface area contributed by atoms with E-state index in [1.54, 1.807) is 0 Å². The molecule has 0 aliphatic rings. The molecule has 0 aromatic rings. The van der Waals surface area contributed by atoms with Crippen LogP contribution in [0.4, 0.5) is 0 Å². The third kappa shape index (κ3) is 10.8. The predicted octanol–water partition coefficient (Wildman–Crippen LogP) is -3.41. The van der Waals surface area contributed by atoms with Gasteiger partial charge in [0.1, 0.15) is 0 Å². The summed E-state index contributed by atoms with van der Waals surface area (Å²) in [5, 5.41) is 0. The number of hydrogen-bond acceptors (Lipinski definition) is 2. The van der Waals surface area contributed by atoms with Crippen LogP contribution in [0.5, 0.6) is 0 Å². The van der Waals surface area contributed by atoms with Crippen molar-refractivity contribution in [2.75, 3.05) is 6.54 Å². The Morgan fingerprint density at radius 2 is 2.20 bits per heavy atom. The molecule has 0 saturated carbocycles. The van der Waals surface area contributed by atoms with Gasteiger partial charge < -0.3 is 1.43 Å². The quantitative estimate of drug-likeness (QED) is 0.205. The molecule has 28 valence electrons. The minimum absolute atomic E-state index is 0. The molecule has 0 heterocycles. The molecule has 0 bridgehead atoms. The van der Waals surface area contributed by atoms with E-state index >= 15 is 0 Å². The summed E-state index contributed by atoms with van der Waals surface area (Å²) in [5.41, 5.74) is 2.43. The molecular formula is C2H9KN2. The number of nitrogens with one attached hydrogen (secondary N) is 1. The summed E-state index contributed by atoms with van der Waals surface area (Å²) in [6.07, 6.45) is 0. The van der Waals surface area contributed by atoms with Crippen molar-refractivity contribution in [3.05, 3.63) is 0 Å². The van der Waals surface area contributed by atoms with Gasteiger partial charge >= 0.3 is 51.4 Å². The first kappa shape index (κ1) is 9.75.